The Labute approximate surface area is 105 Å². The number of aromatic nitrogens is 1. The summed E-state index contributed by atoms with van der Waals surface area (Å²) >= 11 is 0. The van der Waals surface area contributed by atoms with E-state index in [0.29, 0.717) is 0 Å². The number of likely N-dealkylation sites (tertiary alicyclic amines) is 1. The minimum atomic E-state index is -0.781. The van der Waals surface area contributed by atoms with E-state index in [1.165, 1.54) is 12.3 Å². The molecule has 1 aromatic heterocycles. The molecule has 1 saturated heterocycles. The van der Waals surface area contributed by atoms with Crippen LogP contribution in [-0.4, -0.2) is 33.5 Å². The van der Waals surface area contributed by atoms with Crippen LogP contribution >= 0.6 is 0 Å². The Bertz CT molecular complexity index is 439. The number of rotatable bonds is 4. The van der Waals surface area contributed by atoms with Gasteiger partial charge < -0.3 is 5.11 Å². The molecule has 0 aliphatic carbocycles. The zero-order valence-corrected chi connectivity index (χ0v) is 10.3. The van der Waals surface area contributed by atoms with Crippen LogP contribution in [0.5, 0.6) is 0 Å². The monoisotopic (exact) mass is 252 g/mol. The molecule has 98 valence electrons. The van der Waals surface area contributed by atoms with Crippen LogP contribution in [0.2, 0.25) is 0 Å². The summed E-state index contributed by atoms with van der Waals surface area (Å²) in [6.07, 6.45) is 4.84. The highest BCUT2D eigenvalue weighted by Crippen LogP contribution is 2.30. The van der Waals surface area contributed by atoms with Crippen molar-refractivity contribution in [2.45, 2.75) is 38.3 Å². The van der Waals surface area contributed by atoms with E-state index in [0.717, 1.165) is 24.9 Å². The maximum absolute atomic E-state index is 13.1. The third-order valence-corrected chi connectivity index (χ3v) is 3.54. The van der Waals surface area contributed by atoms with E-state index in [4.69, 9.17) is 5.11 Å². The first kappa shape index (κ1) is 13.0. The van der Waals surface area contributed by atoms with Crippen LogP contribution in [0.4, 0.5) is 4.39 Å². The first-order valence-corrected chi connectivity index (χ1v) is 6.16. The molecule has 1 aliphatic rings. The van der Waals surface area contributed by atoms with Gasteiger partial charge in [0.05, 0.1) is 12.6 Å². The van der Waals surface area contributed by atoms with Gasteiger partial charge in [0.25, 0.3) is 0 Å². The summed E-state index contributed by atoms with van der Waals surface area (Å²) in [5.74, 6) is -1.13. The summed E-state index contributed by atoms with van der Waals surface area (Å²) in [7, 11) is 0. The lowest BCUT2D eigenvalue weighted by Gasteiger charge is -2.30. The Hall–Kier alpha value is -1.49. The zero-order valence-electron chi connectivity index (χ0n) is 10.3. The first-order chi connectivity index (χ1) is 8.58. The normalized spacial score (nSPS) is 22.0. The fourth-order valence-corrected chi connectivity index (χ4v) is 2.64. The van der Waals surface area contributed by atoms with Crippen LogP contribution in [0.15, 0.2) is 18.5 Å². The Morgan fingerprint density at radius 1 is 1.67 bits per heavy atom. The van der Waals surface area contributed by atoms with Gasteiger partial charge in [0.2, 0.25) is 0 Å². The summed E-state index contributed by atoms with van der Waals surface area (Å²) in [5.41, 5.74) is 0.798. The summed E-state index contributed by atoms with van der Waals surface area (Å²) in [6, 6.07) is 1.51. The quantitative estimate of drug-likeness (QED) is 0.892. The highest BCUT2D eigenvalue weighted by Gasteiger charge is 2.30. The summed E-state index contributed by atoms with van der Waals surface area (Å²) in [4.78, 5) is 16.8. The largest absolute Gasteiger partial charge is 0.481 e. The molecule has 1 fully saturated rings. The molecular weight excluding hydrogens is 235 g/mol. The van der Waals surface area contributed by atoms with Gasteiger partial charge >= 0.3 is 5.97 Å². The molecule has 1 aromatic rings. The Morgan fingerprint density at radius 3 is 3.11 bits per heavy atom. The van der Waals surface area contributed by atoms with Gasteiger partial charge in [0.1, 0.15) is 5.82 Å². The Kier molecular flexibility index (Phi) is 3.91. The molecule has 0 saturated carbocycles. The van der Waals surface area contributed by atoms with Crippen molar-refractivity contribution < 1.29 is 14.3 Å². The van der Waals surface area contributed by atoms with Gasteiger partial charge in [-0.25, -0.2) is 4.39 Å². The predicted molar refractivity (Wildman–Crippen MR) is 64.6 cm³/mol. The van der Waals surface area contributed by atoms with Crippen LogP contribution in [0.1, 0.15) is 37.8 Å². The van der Waals surface area contributed by atoms with Gasteiger partial charge in [0.15, 0.2) is 0 Å². The van der Waals surface area contributed by atoms with Crippen LogP contribution in [0.3, 0.4) is 0 Å². The van der Waals surface area contributed by atoms with Crippen molar-refractivity contribution in [2.24, 2.45) is 0 Å². The average molecular weight is 252 g/mol. The van der Waals surface area contributed by atoms with Gasteiger partial charge in [-0.2, -0.15) is 0 Å². The zero-order chi connectivity index (χ0) is 13.1. The Balaban J connectivity index is 2.12. The number of halogens is 1. The molecule has 2 heterocycles. The molecule has 0 radical (unpaired) electrons. The second kappa shape index (κ2) is 5.44. The van der Waals surface area contributed by atoms with E-state index in [9.17, 15) is 9.18 Å². The predicted octanol–water partition coefficient (Wildman–Crippen LogP) is 2.22. The van der Waals surface area contributed by atoms with Gasteiger partial charge in [0, 0.05) is 18.3 Å². The molecular formula is C13H17FN2O2. The fraction of sp³-hybridized carbons (Fsp3) is 0.538. The van der Waals surface area contributed by atoms with Crippen molar-refractivity contribution in [1.29, 1.82) is 0 Å². The Morgan fingerprint density at radius 2 is 2.44 bits per heavy atom. The molecule has 18 heavy (non-hydrogen) atoms. The highest BCUT2D eigenvalue weighted by atomic mass is 19.1. The number of carbonyl (C=O) groups is 1. The number of carboxylic acid groups (broad SMARTS) is 1. The molecule has 1 aliphatic heterocycles. The third-order valence-electron chi connectivity index (χ3n) is 3.54. The summed E-state index contributed by atoms with van der Waals surface area (Å²) < 4.78 is 13.1. The molecule has 1 N–H and O–H groups in total. The third kappa shape index (κ3) is 2.85. The lowest BCUT2D eigenvalue weighted by atomic mass is 10.1. The van der Waals surface area contributed by atoms with E-state index in [1.54, 1.807) is 6.20 Å². The number of hydrogen-bond acceptors (Lipinski definition) is 3. The molecule has 0 bridgehead atoms. The van der Waals surface area contributed by atoms with E-state index >= 15 is 0 Å². The molecule has 0 amide bonds. The minimum absolute atomic E-state index is 0.0000463. The van der Waals surface area contributed by atoms with Crippen molar-refractivity contribution in [1.82, 2.24) is 9.88 Å². The number of hydrogen-bond donors (Lipinski definition) is 1. The number of pyridine rings is 1. The van der Waals surface area contributed by atoms with Crippen molar-refractivity contribution >= 4 is 5.97 Å². The smallest absolute Gasteiger partial charge is 0.304 e. The molecule has 2 atom stereocenters. The van der Waals surface area contributed by atoms with Crippen molar-refractivity contribution in [3.05, 3.63) is 29.8 Å². The summed E-state index contributed by atoms with van der Waals surface area (Å²) in [6.45, 7) is 2.83. The van der Waals surface area contributed by atoms with Crippen LogP contribution in [-0.2, 0) is 4.79 Å². The SMILES string of the molecule is CC(c1cncc(F)c1)N1CCCC1CC(=O)O. The van der Waals surface area contributed by atoms with E-state index in [1.807, 2.05) is 6.92 Å². The van der Waals surface area contributed by atoms with Gasteiger partial charge in [-0.3, -0.25) is 14.7 Å². The van der Waals surface area contributed by atoms with E-state index < -0.39 is 5.97 Å². The number of nitrogens with zero attached hydrogens (tertiary/aromatic N) is 2. The van der Waals surface area contributed by atoms with Crippen molar-refractivity contribution in [3.63, 3.8) is 0 Å². The number of carboxylic acids is 1. The van der Waals surface area contributed by atoms with E-state index in [2.05, 4.69) is 9.88 Å². The molecule has 2 unspecified atom stereocenters. The molecule has 0 spiro atoms. The second-order valence-corrected chi connectivity index (χ2v) is 4.74. The summed E-state index contributed by atoms with van der Waals surface area (Å²) in [5, 5.41) is 8.89. The number of aliphatic carboxylic acids is 1. The maximum Gasteiger partial charge on any atom is 0.304 e. The lowest BCUT2D eigenvalue weighted by Crippen LogP contribution is -2.33. The highest BCUT2D eigenvalue weighted by molar-refractivity contribution is 5.67. The standard InChI is InChI=1S/C13H17FN2O2/c1-9(10-5-11(14)8-15-7-10)16-4-2-3-12(16)6-13(17)18/h5,7-9,12H,2-4,6H2,1H3,(H,17,18). The lowest BCUT2D eigenvalue weighted by molar-refractivity contribution is -0.138. The topological polar surface area (TPSA) is 53.4 Å². The van der Waals surface area contributed by atoms with Crippen molar-refractivity contribution in [3.8, 4) is 0 Å². The minimum Gasteiger partial charge on any atom is -0.481 e. The van der Waals surface area contributed by atoms with Crippen LogP contribution < -0.4 is 0 Å². The van der Waals surface area contributed by atoms with Crippen LogP contribution in [0.25, 0.3) is 0 Å². The molecule has 4 nitrogen and oxygen atoms in total. The molecule has 5 heteroatoms. The van der Waals surface area contributed by atoms with Gasteiger partial charge in [-0.1, -0.05) is 0 Å². The van der Waals surface area contributed by atoms with Gasteiger partial charge in [-0.05, 0) is 37.9 Å². The van der Waals surface area contributed by atoms with E-state index in [-0.39, 0.29) is 24.3 Å². The van der Waals surface area contributed by atoms with Crippen LogP contribution in [0, 0.1) is 5.82 Å². The van der Waals surface area contributed by atoms with Gasteiger partial charge in [-0.15, -0.1) is 0 Å². The molecule has 0 aromatic carbocycles. The second-order valence-electron chi connectivity index (χ2n) is 4.74. The fourth-order valence-electron chi connectivity index (χ4n) is 2.64. The first-order valence-electron chi connectivity index (χ1n) is 6.16. The average Bonchev–Trinajstić information content (AvgIpc) is 2.75. The van der Waals surface area contributed by atoms with Crippen molar-refractivity contribution in [2.75, 3.05) is 6.54 Å². The molecule has 2 rings (SSSR count). The maximum atomic E-state index is 13.1.